The summed E-state index contributed by atoms with van der Waals surface area (Å²) in [4.78, 5) is 0. The summed E-state index contributed by atoms with van der Waals surface area (Å²) in [5, 5.41) is 0. The van der Waals surface area contributed by atoms with Crippen molar-refractivity contribution in [3.63, 3.8) is 0 Å². The lowest BCUT2D eigenvalue weighted by Crippen LogP contribution is -2.19. The van der Waals surface area contributed by atoms with E-state index in [1.807, 2.05) is 0 Å². The molecular formula is C29H59N. The smallest absolute Gasteiger partial charge is 0.00388 e. The van der Waals surface area contributed by atoms with Crippen molar-refractivity contribution in [1.82, 2.24) is 0 Å². The predicted molar refractivity (Wildman–Crippen MR) is 139 cm³/mol. The number of allylic oxidation sites excluding steroid dienone is 2. The Labute approximate surface area is 192 Å². The Morgan fingerprint density at radius 2 is 0.867 bits per heavy atom. The van der Waals surface area contributed by atoms with E-state index in [4.69, 9.17) is 5.73 Å². The second-order valence-electron chi connectivity index (χ2n) is 10.2. The Morgan fingerprint density at radius 1 is 0.500 bits per heavy atom. The van der Waals surface area contributed by atoms with Crippen LogP contribution in [-0.2, 0) is 0 Å². The third-order valence-corrected chi connectivity index (χ3v) is 6.44. The molecule has 1 atom stereocenters. The minimum absolute atomic E-state index is 0.458. The molecule has 0 bridgehead atoms. The maximum atomic E-state index is 6.32. The van der Waals surface area contributed by atoms with Gasteiger partial charge >= 0.3 is 0 Å². The van der Waals surface area contributed by atoms with Crippen LogP contribution in [0.2, 0.25) is 0 Å². The van der Waals surface area contributed by atoms with Crippen molar-refractivity contribution in [2.45, 2.75) is 168 Å². The van der Waals surface area contributed by atoms with Crippen LogP contribution in [0.15, 0.2) is 12.2 Å². The van der Waals surface area contributed by atoms with Crippen molar-refractivity contribution in [1.29, 1.82) is 0 Å². The Hall–Kier alpha value is -0.300. The molecular weight excluding hydrogens is 362 g/mol. The van der Waals surface area contributed by atoms with Gasteiger partial charge in [-0.05, 0) is 44.4 Å². The summed E-state index contributed by atoms with van der Waals surface area (Å²) >= 11 is 0. The molecule has 0 heterocycles. The molecule has 1 nitrogen and oxygen atoms in total. The van der Waals surface area contributed by atoms with Crippen molar-refractivity contribution >= 4 is 0 Å². The van der Waals surface area contributed by atoms with Crippen molar-refractivity contribution in [2.75, 3.05) is 0 Å². The van der Waals surface area contributed by atoms with Gasteiger partial charge in [0.1, 0.15) is 0 Å². The highest BCUT2D eigenvalue weighted by Crippen LogP contribution is 2.15. The molecule has 0 saturated heterocycles. The lowest BCUT2D eigenvalue weighted by Gasteiger charge is -2.11. The van der Waals surface area contributed by atoms with Crippen LogP contribution < -0.4 is 5.73 Å². The molecule has 0 radical (unpaired) electrons. The predicted octanol–water partition coefficient (Wildman–Crippen LogP) is 10.1. The highest BCUT2D eigenvalue weighted by molar-refractivity contribution is 4.81. The summed E-state index contributed by atoms with van der Waals surface area (Å²) in [5.74, 6) is 0.875. The van der Waals surface area contributed by atoms with Crippen molar-refractivity contribution in [2.24, 2.45) is 11.7 Å². The van der Waals surface area contributed by atoms with E-state index in [0.717, 1.165) is 5.92 Å². The number of rotatable bonds is 24. The van der Waals surface area contributed by atoms with Gasteiger partial charge in [0.05, 0.1) is 0 Å². The van der Waals surface area contributed by atoms with Crippen LogP contribution in [0.4, 0.5) is 0 Å². The standard InChI is InChI=1S/C29H59N/c1-4-5-6-7-8-9-10-11-12-13-14-15-16-20-23-26-29(30)27-24-21-18-17-19-22-25-28(2)3/h9-10,28-29H,4-8,11-27,30H2,1-3H3/b10-9+. The van der Waals surface area contributed by atoms with Gasteiger partial charge < -0.3 is 5.73 Å². The van der Waals surface area contributed by atoms with Gasteiger partial charge in [0, 0.05) is 6.04 Å². The van der Waals surface area contributed by atoms with Crippen LogP contribution in [-0.4, -0.2) is 6.04 Å². The Morgan fingerprint density at radius 3 is 1.30 bits per heavy atom. The van der Waals surface area contributed by atoms with E-state index in [1.165, 1.54) is 141 Å². The molecule has 180 valence electrons. The van der Waals surface area contributed by atoms with Gasteiger partial charge in [-0.2, -0.15) is 0 Å². The van der Waals surface area contributed by atoms with Crippen LogP contribution in [0.3, 0.4) is 0 Å². The normalized spacial score (nSPS) is 13.0. The average Bonchev–Trinajstić information content (AvgIpc) is 2.72. The van der Waals surface area contributed by atoms with Gasteiger partial charge in [0.2, 0.25) is 0 Å². The monoisotopic (exact) mass is 421 g/mol. The molecule has 1 unspecified atom stereocenters. The first-order chi connectivity index (χ1) is 14.7. The molecule has 1 heteroatoms. The van der Waals surface area contributed by atoms with E-state index in [-0.39, 0.29) is 0 Å². The quantitative estimate of drug-likeness (QED) is 0.122. The maximum absolute atomic E-state index is 6.32. The van der Waals surface area contributed by atoms with Gasteiger partial charge in [0.15, 0.2) is 0 Å². The summed E-state index contributed by atoms with van der Waals surface area (Å²) in [6.45, 7) is 6.94. The molecule has 0 aromatic rings. The Kier molecular flexibility index (Phi) is 24.7. The summed E-state index contributed by atoms with van der Waals surface area (Å²) in [6.07, 6.45) is 35.1. The molecule has 0 aromatic carbocycles. The van der Waals surface area contributed by atoms with Gasteiger partial charge in [0.25, 0.3) is 0 Å². The first-order valence-corrected chi connectivity index (χ1v) is 14.1. The summed E-state index contributed by atoms with van der Waals surface area (Å²) in [5.41, 5.74) is 6.32. The fourth-order valence-corrected chi connectivity index (χ4v) is 4.29. The van der Waals surface area contributed by atoms with Crippen LogP contribution in [0.5, 0.6) is 0 Å². The van der Waals surface area contributed by atoms with Gasteiger partial charge in [-0.1, -0.05) is 136 Å². The van der Waals surface area contributed by atoms with E-state index in [0.29, 0.717) is 6.04 Å². The summed E-state index contributed by atoms with van der Waals surface area (Å²) < 4.78 is 0. The third kappa shape index (κ3) is 25.7. The van der Waals surface area contributed by atoms with Crippen LogP contribution in [0.1, 0.15) is 162 Å². The first kappa shape index (κ1) is 29.7. The largest absolute Gasteiger partial charge is 0.328 e. The van der Waals surface area contributed by atoms with Crippen LogP contribution in [0, 0.1) is 5.92 Å². The number of hydrogen-bond acceptors (Lipinski definition) is 1. The minimum Gasteiger partial charge on any atom is -0.328 e. The zero-order chi connectivity index (χ0) is 22.1. The molecule has 0 aliphatic heterocycles. The molecule has 0 aromatic heterocycles. The molecule has 0 spiro atoms. The molecule has 0 fully saturated rings. The fourth-order valence-electron chi connectivity index (χ4n) is 4.29. The van der Waals surface area contributed by atoms with Crippen LogP contribution in [0.25, 0.3) is 0 Å². The van der Waals surface area contributed by atoms with Crippen molar-refractivity contribution in [3.8, 4) is 0 Å². The number of unbranched alkanes of at least 4 members (excludes halogenated alkanes) is 16. The summed E-state index contributed by atoms with van der Waals surface area (Å²) in [6, 6.07) is 0.458. The number of hydrogen-bond donors (Lipinski definition) is 1. The zero-order valence-electron chi connectivity index (χ0n) is 21.4. The molecule has 0 saturated carbocycles. The molecule has 30 heavy (non-hydrogen) atoms. The Balaban J connectivity index is 3.19. The second kappa shape index (κ2) is 25.0. The van der Waals surface area contributed by atoms with E-state index < -0.39 is 0 Å². The minimum atomic E-state index is 0.458. The third-order valence-electron chi connectivity index (χ3n) is 6.44. The van der Waals surface area contributed by atoms with E-state index in [2.05, 4.69) is 32.9 Å². The lowest BCUT2D eigenvalue weighted by molar-refractivity contribution is 0.474. The molecule has 2 N–H and O–H groups in total. The van der Waals surface area contributed by atoms with Gasteiger partial charge in [-0.3, -0.25) is 0 Å². The second-order valence-corrected chi connectivity index (χ2v) is 10.2. The fraction of sp³-hybridized carbons (Fsp3) is 0.931. The Bertz CT molecular complexity index is 333. The highest BCUT2D eigenvalue weighted by Gasteiger charge is 2.02. The van der Waals surface area contributed by atoms with E-state index >= 15 is 0 Å². The molecule has 0 aliphatic rings. The summed E-state index contributed by atoms with van der Waals surface area (Å²) in [7, 11) is 0. The molecule has 0 amide bonds. The topological polar surface area (TPSA) is 26.0 Å². The van der Waals surface area contributed by atoms with E-state index in [1.54, 1.807) is 0 Å². The number of nitrogens with two attached hydrogens (primary N) is 1. The average molecular weight is 422 g/mol. The van der Waals surface area contributed by atoms with E-state index in [9.17, 15) is 0 Å². The zero-order valence-corrected chi connectivity index (χ0v) is 21.4. The lowest BCUT2D eigenvalue weighted by atomic mass is 10.00. The van der Waals surface area contributed by atoms with Crippen molar-refractivity contribution in [3.05, 3.63) is 12.2 Å². The molecule has 0 aliphatic carbocycles. The SMILES string of the molecule is CCCCCC/C=C/CCCCCCCCCC(N)CCCCCCCCC(C)C. The van der Waals surface area contributed by atoms with Crippen LogP contribution >= 0.6 is 0 Å². The van der Waals surface area contributed by atoms with Gasteiger partial charge in [-0.25, -0.2) is 0 Å². The van der Waals surface area contributed by atoms with Gasteiger partial charge in [-0.15, -0.1) is 0 Å². The molecule has 0 rings (SSSR count). The highest BCUT2D eigenvalue weighted by atomic mass is 14.6. The first-order valence-electron chi connectivity index (χ1n) is 14.1. The van der Waals surface area contributed by atoms with Crippen molar-refractivity contribution < 1.29 is 0 Å². The maximum Gasteiger partial charge on any atom is 0.00388 e.